The molecule has 152 valence electrons. The zero-order chi connectivity index (χ0) is 20.7. The minimum Gasteiger partial charge on any atom is -0.481 e. The van der Waals surface area contributed by atoms with Gasteiger partial charge < -0.3 is 28.8 Å². The molecule has 5 atom stereocenters. The second-order valence-corrected chi connectivity index (χ2v) is 5.84. The highest BCUT2D eigenvalue weighted by molar-refractivity contribution is 5.70. The maximum absolute atomic E-state index is 11.5. The third-order valence-electron chi connectivity index (χ3n) is 3.46. The van der Waals surface area contributed by atoms with Crippen LogP contribution in [-0.2, 0) is 47.7 Å². The van der Waals surface area contributed by atoms with Crippen LogP contribution in [0.25, 0.3) is 0 Å². The maximum Gasteiger partial charge on any atom is 0.306 e. The third-order valence-corrected chi connectivity index (χ3v) is 3.46. The number of carbonyl (C=O) groups excluding carboxylic acids is 4. The second-order valence-electron chi connectivity index (χ2n) is 5.84. The summed E-state index contributed by atoms with van der Waals surface area (Å²) in [5, 5.41) is 9.10. The maximum atomic E-state index is 11.5. The number of carboxylic acids is 1. The first kappa shape index (κ1) is 22.4. The SMILES string of the molecule is CC(=O)OCC1OC(CC(=O)O)[C@H](OC(C)=O)[C@@H](OC(C)=O)[C@@H]1OC(C)=O. The first-order chi connectivity index (χ1) is 12.5. The van der Waals surface area contributed by atoms with E-state index >= 15 is 0 Å². The molecule has 1 heterocycles. The molecule has 0 aromatic rings. The lowest BCUT2D eigenvalue weighted by Crippen LogP contribution is -2.62. The van der Waals surface area contributed by atoms with E-state index in [0.29, 0.717) is 0 Å². The molecule has 1 rings (SSSR count). The van der Waals surface area contributed by atoms with Crippen LogP contribution >= 0.6 is 0 Å². The molecule has 11 nitrogen and oxygen atoms in total. The fraction of sp³-hybridized carbons (Fsp3) is 0.688. The molecule has 0 aromatic carbocycles. The Hall–Kier alpha value is -2.69. The molecule has 0 saturated carbocycles. The first-order valence-electron chi connectivity index (χ1n) is 8.03. The van der Waals surface area contributed by atoms with Gasteiger partial charge in [-0.2, -0.15) is 0 Å². The highest BCUT2D eigenvalue weighted by atomic mass is 16.7. The molecule has 0 aliphatic carbocycles. The minimum atomic E-state index is -1.35. The summed E-state index contributed by atoms with van der Waals surface area (Å²) in [6.45, 7) is 4.00. The van der Waals surface area contributed by atoms with E-state index in [4.69, 9.17) is 28.8 Å². The summed E-state index contributed by atoms with van der Waals surface area (Å²) < 4.78 is 25.9. The summed E-state index contributed by atoms with van der Waals surface area (Å²) in [5.41, 5.74) is 0. The van der Waals surface area contributed by atoms with E-state index < -0.39 is 73.4 Å². The van der Waals surface area contributed by atoms with Crippen molar-refractivity contribution in [1.82, 2.24) is 0 Å². The Bertz CT molecular complexity index is 599. The van der Waals surface area contributed by atoms with Gasteiger partial charge in [-0.15, -0.1) is 0 Å². The number of hydrogen-bond acceptors (Lipinski definition) is 10. The van der Waals surface area contributed by atoms with Crippen LogP contribution in [0.2, 0.25) is 0 Å². The van der Waals surface area contributed by atoms with Crippen molar-refractivity contribution in [2.75, 3.05) is 6.61 Å². The van der Waals surface area contributed by atoms with E-state index in [9.17, 15) is 24.0 Å². The van der Waals surface area contributed by atoms with Crippen LogP contribution in [0.1, 0.15) is 34.1 Å². The van der Waals surface area contributed by atoms with Crippen LogP contribution in [-0.4, -0.2) is 72.1 Å². The number of carboxylic acid groups (broad SMARTS) is 1. The molecule has 1 aliphatic rings. The van der Waals surface area contributed by atoms with Crippen molar-refractivity contribution in [3.63, 3.8) is 0 Å². The molecular weight excluding hydrogens is 368 g/mol. The molecule has 0 spiro atoms. The largest absolute Gasteiger partial charge is 0.481 e. The molecule has 27 heavy (non-hydrogen) atoms. The molecule has 1 N–H and O–H groups in total. The molecule has 0 amide bonds. The molecular formula is C16H22O11. The van der Waals surface area contributed by atoms with Crippen LogP contribution < -0.4 is 0 Å². The molecule has 1 aliphatic heterocycles. The Labute approximate surface area is 154 Å². The first-order valence-corrected chi connectivity index (χ1v) is 8.03. The highest BCUT2D eigenvalue weighted by Gasteiger charge is 2.52. The van der Waals surface area contributed by atoms with Crippen molar-refractivity contribution in [3.8, 4) is 0 Å². The van der Waals surface area contributed by atoms with Crippen molar-refractivity contribution in [2.45, 2.75) is 64.6 Å². The fourth-order valence-corrected chi connectivity index (χ4v) is 2.65. The zero-order valence-corrected chi connectivity index (χ0v) is 15.3. The van der Waals surface area contributed by atoms with Crippen LogP contribution in [0.3, 0.4) is 0 Å². The van der Waals surface area contributed by atoms with Crippen molar-refractivity contribution >= 4 is 29.8 Å². The van der Waals surface area contributed by atoms with E-state index in [0.717, 1.165) is 27.7 Å². The van der Waals surface area contributed by atoms with Gasteiger partial charge in [-0.1, -0.05) is 0 Å². The van der Waals surface area contributed by atoms with Gasteiger partial charge in [0.05, 0.1) is 6.42 Å². The van der Waals surface area contributed by atoms with Gasteiger partial charge in [0.1, 0.15) is 18.8 Å². The standard InChI is InChI=1S/C16H22O11/c1-7(17)23-6-12-15(25-9(3)19)16(26-10(4)20)14(24-8(2)18)11(27-12)5-13(21)22/h11-12,14-16H,5-6H2,1-4H3,(H,21,22)/t11?,12?,14-,15+,16+/m0/s1. The summed E-state index contributed by atoms with van der Waals surface area (Å²) >= 11 is 0. The molecule has 0 bridgehead atoms. The lowest BCUT2D eigenvalue weighted by atomic mass is 9.92. The summed E-state index contributed by atoms with van der Waals surface area (Å²) in [5.74, 6) is -4.24. The molecule has 1 fully saturated rings. The van der Waals surface area contributed by atoms with Gasteiger partial charge in [-0.05, 0) is 0 Å². The predicted octanol–water partition coefficient (Wildman–Crippen LogP) is -0.413. The smallest absolute Gasteiger partial charge is 0.306 e. The van der Waals surface area contributed by atoms with Crippen molar-refractivity contribution in [3.05, 3.63) is 0 Å². The average molecular weight is 390 g/mol. The van der Waals surface area contributed by atoms with Gasteiger partial charge >= 0.3 is 29.8 Å². The van der Waals surface area contributed by atoms with Crippen molar-refractivity contribution in [2.24, 2.45) is 0 Å². The predicted molar refractivity (Wildman–Crippen MR) is 84.2 cm³/mol. The quantitative estimate of drug-likeness (QED) is 0.446. The molecule has 11 heteroatoms. The van der Waals surface area contributed by atoms with Crippen molar-refractivity contribution < 1.29 is 52.8 Å². The van der Waals surface area contributed by atoms with Crippen LogP contribution in [0.4, 0.5) is 0 Å². The van der Waals surface area contributed by atoms with Gasteiger partial charge in [0.15, 0.2) is 18.3 Å². The lowest BCUT2D eigenvalue weighted by Gasteiger charge is -2.44. The van der Waals surface area contributed by atoms with E-state index in [1.54, 1.807) is 0 Å². The normalized spacial score (nSPS) is 27.2. The highest BCUT2D eigenvalue weighted by Crippen LogP contribution is 2.30. The van der Waals surface area contributed by atoms with Gasteiger partial charge in [-0.3, -0.25) is 24.0 Å². The van der Waals surface area contributed by atoms with Crippen LogP contribution in [0, 0.1) is 0 Å². The number of rotatable bonds is 7. The Morgan fingerprint density at radius 1 is 0.741 bits per heavy atom. The number of hydrogen-bond donors (Lipinski definition) is 1. The van der Waals surface area contributed by atoms with Crippen LogP contribution in [0.15, 0.2) is 0 Å². The Kier molecular flexibility index (Phi) is 8.16. The van der Waals surface area contributed by atoms with Crippen LogP contribution in [0.5, 0.6) is 0 Å². The molecule has 0 aromatic heterocycles. The molecule has 0 radical (unpaired) electrons. The summed E-state index contributed by atoms with van der Waals surface area (Å²) in [7, 11) is 0. The molecule has 2 unspecified atom stereocenters. The van der Waals surface area contributed by atoms with Gasteiger partial charge in [0.25, 0.3) is 0 Å². The number of aliphatic carboxylic acids is 1. The third kappa shape index (κ3) is 7.21. The summed E-state index contributed by atoms with van der Waals surface area (Å²) in [6.07, 6.45) is -6.96. The Morgan fingerprint density at radius 3 is 1.59 bits per heavy atom. The average Bonchev–Trinajstić information content (AvgIpc) is 2.49. The number of esters is 4. The Balaban J connectivity index is 3.29. The summed E-state index contributed by atoms with van der Waals surface area (Å²) in [6, 6.07) is 0. The van der Waals surface area contributed by atoms with E-state index in [1.807, 2.05) is 0 Å². The van der Waals surface area contributed by atoms with Gasteiger partial charge in [0, 0.05) is 27.7 Å². The van der Waals surface area contributed by atoms with Crippen molar-refractivity contribution in [1.29, 1.82) is 0 Å². The number of carbonyl (C=O) groups is 5. The number of ether oxygens (including phenoxy) is 5. The monoisotopic (exact) mass is 390 g/mol. The van der Waals surface area contributed by atoms with E-state index in [1.165, 1.54) is 0 Å². The van der Waals surface area contributed by atoms with Gasteiger partial charge in [-0.25, -0.2) is 0 Å². The zero-order valence-electron chi connectivity index (χ0n) is 15.3. The molecule has 1 saturated heterocycles. The summed E-state index contributed by atoms with van der Waals surface area (Å²) in [4.78, 5) is 56.7. The van der Waals surface area contributed by atoms with E-state index in [-0.39, 0.29) is 0 Å². The second kappa shape index (κ2) is 9.86. The van der Waals surface area contributed by atoms with Gasteiger partial charge in [0.2, 0.25) is 0 Å². The lowest BCUT2D eigenvalue weighted by molar-refractivity contribution is -0.253. The van der Waals surface area contributed by atoms with E-state index in [2.05, 4.69) is 0 Å². The Morgan fingerprint density at radius 2 is 1.19 bits per heavy atom. The minimum absolute atomic E-state index is 0.395. The topological polar surface area (TPSA) is 152 Å². The fourth-order valence-electron chi connectivity index (χ4n) is 2.65.